The van der Waals surface area contributed by atoms with Crippen molar-refractivity contribution in [3.05, 3.63) is 29.6 Å². The average molecular weight is 230 g/mol. The fraction of sp³-hybridized carbons (Fsp3) is 0.455. The molecule has 0 bridgehead atoms. The third-order valence-electron chi connectivity index (χ3n) is 2.86. The number of hydrogen-bond donors (Lipinski definition) is 0. The topological polar surface area (TPSA) is 6.48 Å². The van der Waals surface area contributed by atoms with Gasteiger partial charge in [-0.2, -0.15) is 0 Å². The molecule has 1 saturated heterocycles. The Labute approximate surface area is 92.3 Å². The van der Waals surface area contributed by atoms with Gasteiger partial charge in [0, 0.05) is 26.2 Å². The van der Waals surface area contributed by atoms with Gasteiger partial charge in [-0.05, 0) is 19.2 Å². The summed E-state index contributed by atoms with van der Waals surface area (Å²) in [7, 11) is 1.97. The van der Waals surface area contributed by atoms with E-state index in [0.717, 1.165) is 19.2 Å². The smallest absolute Gasteiger partial charge is 0.196 e. The molecule has 1 heterocycles. The maximum atomic E-state index is 13.5. The van der Waals surface area contributed by atoms with Crippen LogP contribution in [-0.4, -0.2) is 38.1 Å². The Balaban J connectivity index is 2.24. The molecule has 1 fully saturated rings. The summed E-state index contributed by atoms with van der Waals surface area (Å²) in [5, 5.41) is 0. The highest BCUT2D eigenvalue weighted by atomic mass is 19.2. The van der Waals surface area contributed by atoms with E-state index in [-0.39, 0.29) is 5.69 Å². The van der Waals surface area contributed by atoms with Crippen LogP contribution in [0, 0.1) is 17.5 Å². The van der Waals surface area contributed by atoms with Gasteiger partial charge in [-0.1, -0.05) is 0 Å². The summed E-state index contributed by atoms with van der Waals surface area (Å²) in [6.07, 6.45) is 0. The lowest BCUT2D eigenvalue weighted by Crippen LogP contribution is -2.44. The molecule has 88 valence electrons. The summed E-state index contributed by atoms with van der Waals surface area (Å²) in [5.74, 6) is -3.63. The quantitative estimate of drug-likeness (QED) is 0.679. The molecular formula is C11H13F3N2. The molecule has 1 aromatic rings. The molecule has 0 spiro atoms. The predicted octanol–water partition coefficient (Wildman–Crippen LogP) is 1.86. The Morgan fingerprint density at radius 1 is 0.938 bits per heavy atom. The summed E-state index contributed by atoms with van der Waals surface area (Å²) in [4.78, 5) is 3.84. The number of rotatable bonds is 1. The maximum Gasteiger partial charge on any atom is 0.196 e. The largest absolute Gasteiger partial charge is 0.367 e. The lowest BCUT2D eigenvalue weighted by Gasteiger charge is -2.34. The number of hydrogen-bond acceptors (Lipinski definition) is 2. The van der Waals surface area contributed by atoms with Gasteiger partial charge in [-0.25, -0.2) is 13.2 Å². The number of halogens is 3. The minimum absolute atomic E-state index is 0.145. The SMILES string of the molecule is CN1CCN(c2ccc(F)c(F)c2F)CC1. The van der Waals surface area contributed by atoms with Gasteiger partial charge in [0.25, 0.3) is 0 Å². The third kappa shape index (κ3) is 2.00. The molecule has 0 radical (unpaired) electrons. The van der Waals surface area contributed by atoms with Crippen molar-refractivity contribution in [1.29, 1.82) is 0 Å². The van der Waals surface area contributed by atoms with Gasteiger partial charge in [-0.3, -0.25) is 0 Å². The summed E-state index contributed by atoms with van der Waals surface area (Å²) in [6.45, 7) is 2.83. The lowest BCUT2D eigenvalue weighted by molar-refractivity contribution is 0.311. The molecule has 0 N–H and O–H groups in total. The number of anilines is 1. The minimum atomic E-state index is -1.39. The Hall–Kier alpha value is -1.23. The molecule has 1 aliphatic rings. The summed E-state index contributed by atoms with van der Waals surface area (Å²) >= 11 is 0. The highest BCUT2D eigenvalue weighted by molar-refractivity contribution is 5.48. The third-order valence-corrected chi connectivity index (χ3v) is 2.86. The van der Waals surface area contributed by atoms with Crippen molar-refractivity contribution in [1.82, 2.24) is 4.90 Å². The first kappa shape index (κ1) is 11.3. The highest BCUT2D eigenvalue weighted by Crippen LogP contribution is 2.24. The van der Waals surface area contributed by atoms with Gasteiger partial charge in [-0.15, -0.1) is 0 Å². The number of benzene rings is 1. The maximum absolute atomic E-state index is 13.5. The van der Waals surface area contributed by atoms with Crippen LogP contribution in [0.15, 0.2) is 12.1 Å². The zero-order valence-electron chi connectivity index (χ0n) is 9.01. The first-order valence-electron chi connectivity index (χ1n) is 5.16. The molecule has 2 nitrogen and oxygen atoms in total. The molecule has 0 aromatic heterocycles. The standard InChI is InChI=1S/C11H13F3N2/c1-15-4-6-16(7-5-15)9-3-2-8(12)10(13)11(9)14/h2-3H,4-7H2,1H3. The van der Waals surface area contributed by atoms with E-state index in [1.807, 2.05) is 7.05 Å². The zero-order chi connectivity index (χ0) is 11.7. The molecule has 0 aliphatic carbocycles. The molecule has 0 saturated carbocycles. The van der Waals surface area contributed by atoms with Crippen LogP contribution >= 0.6 is 0 Å². The van der Waals surface area contributed by atoms with Gasteiger partial charge < -0.3 is 9.80 Å². The van der Waals surface area contributed by atoms with Crippen molar-refractivity contribution in [3.63, 3.8) is 0 Å². The molecular weight excluding hydrogens is 217 g/mol. The highest BCUT2D eigenvalue weighted by Gasteiger charge is 2.20. The second-order valence-corrected chi connectivity index (χ2v) is 3.98. The molecule has 2 rings (SSSR count). The molecule has 0 amide bonds. The first-order chi connectivity index (χ1) is 7.59. The van der Waals surface area contributed by atoms with E-state index < -0.39 is 17.5 Å². The van der Waals surface area contributed by atoms with E-state index in [2.05, 4.69) is 4.90 Å². The lowest BCUT2D eigenvalue weighted by atomic mass is 10.2. The van der Waals surface area contributed by atoms with Crippen LogP contribution in [0.3, 0.4) is 0 Å². The Morgan fingerprint density at radius 2 is 1.56 bits per heavy atom. The average Bonchev–Trinajstić information content (AvgIpc) is 2.28. The summed E-state index contributed by atoms with van der Waals surface area (Å²) < 4.78 is 39.3. The molecule has 5 heteroatoms. The normalized spacial score (nSPS) is 17.9. The van der Waals surface area contributed by atoms with E-state index in [9.17, 15) is 13.2 Å². The van der Waals surface area contributed by atoms with Gasteiger partial charge in [0.15, 0.2) is 17.5 Å². The van der Waals surface area contributed by atoms with Crippen LogP contribution in [0.25, 0.3) is 0 Å². The van der Waals surface area contributed by atoms with Crippen LogP contribution in [0.5, 0.6) is 0 Å². The van der Waals surface area contributed by atoms with Crippen molar-refractivity contribution in [2.45, 2.75) is 0 Å². The second kappa shape index (κ2) is 4.33. The van der Waals surface area contributed by atoms with Crippen LogP contribution in [0.4, 0.5) is 18.9 Å². The monoisotopic (exact) mass is 230 g/mol. The summed E-state index contributed by atoms with van der Waals surface area (Å²) in [5.41, 5.74) is 0.145. The molecule has 1 aliphatic heterocycles. The van der Waals surface area contributed by atoms with Gasteiger partial charge in [0.1, 0.15) is 0 Å². The first-order valence-corrected chi connectivity index (χ1v) is 5.16. The van der Waals surface area contributed by atoms with Crippen molar-refractivity contribution >= 4 is 5.69 Å². The fourth-order valence-corrected chi connectivity index (χ4v) is 1.81. The predicted molar refractivity (Wildman–Crippen MR) is 56.0 cm³/mol. The number of nitrogens with zero attached hydrogens (tertiary/aromatic N) is 2. The Bertz CT molecular complexity index is 387. The Morgan fingerprint density at radius 3 is 2.19 bits per heavy atom. The van der Waals surface area contributed by atoms with Gasteiger partial charge in [0.2, 0.25) is 0 Å². The van der Waals surface area contributed by atoms with E-state index >= 15 is 0 Å². The minimum Gasteiger partial charge on any atom is -0.367 e. The van der Waals surface area contributed by atoms with E-state index in [1.165, 1.54) is 6.07 Å². The number of piperazine rings is 1. The van der Waals surface area contributed by atoms with Crippen molar-refractivity contribution in [2.75, 3.05) is 38.1 Å². The summed E-state index contributed by atoms with van der Waals surface area (Å²) in [6, 6.07) is 2.26. The van der Waals surface area contributed by atoms with Crippen LogP contribution in [0.2, 0.25) is 0 Å². The van der Waals surface area contributed by atoms with Crippen LogP contribution < -0.4 is 4.90 Å². The zero-order valence-corrected chi connectivity index (χ0v) is 9.01. The molecule has 0 atom stereocenters. The van der Waals surface area contributed by atoms with Gasteiger partial charge in [0.05, 0.1) is 5.69 Å². The Kier molecular flexibility index (Phi) is 3.05. The van der Waals surface area contributed by atoms with Crippen LogP contribution in [-0.2, 0) is 0 Å². The van der Waals surface area contributed by atoms with E-state index in [0.29, 0.717) is 13.1 Å². The van der Waals surface area contributed by atoms with Crippen molar-refractivity contribution in [2.24, 2.45) is 0 Å². The fourth-order valence-electron chi connectivity index (χ4n) is 1.81. The number of likely N-dealkylation sites (N-methyl/N-ethyl adjacent to an activating group) is 1. The van der Waals surface area contributed by atoms with Crippen LogP contribution in [0.1, 0.15) is 0 Å². The molecule has 0 unspecified atom stereocenters. The van der Waals surface area contributed by atoms with E-state index in [1.54, 1.807) is 4.90 Å². The molecule has 1 aromatic carbocycles. The van der Waals surface area contributed by atoms with E-state index in [4.69, 9.17) is 0 Å². The van der Waals surface area contributed by atoms with Crippen molar-refractivity contribution in [3.8, 4) is 0 Å². The van der Waals surface area contributed by atoms with Gasteiger partial charge >= 0.3 is 0 Å². The van der Waals surface area contributed by atoms with Crippen molar-refractivity contribution < 1.29 is 13.2 Å². The second-order valence-electron chi connectivity index (χ2n) is 3.98. The molecule has 16 heavy (non-hydrogen) atoms.